The van der Waals surface area contributed by atoms with Crippen molar-refractivity contribution in [1.29, 1.82) is 0 Å². The van der Waals surface area contributed by atoms with Gasteiger partial charge in [-0.05, 0) is 31.9 Å². The van der Waals surface area contributed by atoms with Crippen LogP contribution in [0.15, 0.2) is 18.3 Å². The van der Waals surface area contributed by atoms with Crippen molar-refractivity contribution in [2.45, 2.75) is 45.7 Å². The van der Waals surface area contributed by atoms with Crippen molar-refractivity contribution in [3.63, 3.8) is 0 Å². The zero-order valence-electron chi connectivity index (χ0n) is 14.4. The molecular weight excluding hydrogens is 328 g/mol. The lowest BCUT2D eigenvalue weighted by Crippen LogP contribution is -2.50. The van der Waals surface area contributed by atoms with Crippen LogP contribution in [-0.4, -0.2) is 46.9 Å². The molecule has 2 N–H and O–H groups in total. The van der Waals surface area contributed by atoms with Gasteiger partial charge < -0.3 is 15.5 Å². The van der Waals surface area contributed by atoms with Crippen LogP contribution in [0.25, 0.3) is 0 Å². The van der Waals surface area contributed by atoms with E-state index in [-0.39, 0.29) is 29.8 Å². The number of piperidine rings is 1. The van der Waals surface area contributed by atoms with Crippen LogP contribution in [0.5, 0.6) is 0 Å². The van der Waals surface area contributed by atoms with Gasteiger partial charge in [-0.1, -0.05) is 25.4 Å². The van der Waals surface area contributed by atoms with Crippen LogP contribution >= 0.6 is 11.6 Å². The van der Waals surface area contributed by atoms with Crippen molar-refractivity contribution >= 4 is 29.2 Å². The molecule has 132 valence electrons. The molecule has 0 aliphatic carbocycles. The summed E-state index contributed by atoms with van der Waals surface area (Å²) in [7, 11) is 0. The normalized spacial score (nSPS) is 17.0. The predicted molar refractivity (Wildman–Crippen MR) is 94.9 cm³/mol. The quantitative estimate of drug-likeness (QED) is 0.852. The maximum Gasteiger partial charge on any atom is 0.242 e. The highest BCUT2D eigenvalue weighted by Crippen LogP contribution is 2.14. The van der Waals surface area contributed by atoms with E-state index in [0.717, 1.165) is 25.9 Å². The molecule has 1 fully saturated rings. The molecule has 0 aromatic carbocycles. The zero-order valence-corrected chi connectivity index (χ0v) is 15.1. The van der Waals surface area contributed by atoms with Gasteiger partial charge in [-0.15, -0.1) is 0 Å². The van der Waals surface area contributed by atoms with Gasteiger partial charge in [0.15, 0.2) is 0 Å². The fourth-order valence-electron chi connectivity index (χ4n) is 2.75. The van der Waals surface area contributed by atoms with E-state index in [2.05, 4.69) is 15.6 Å². The second-order valence-corrected chi connectivity index (χ2v) is 6.93. The Hall–Kier alpha value is -1.66. The van der Waals surface area contributed by atoms with Gasteiger partial charge in [0.05, 0.1) is 11.1 Å². The van der Waals surface area contributed by atoms with Crippen LogP contribution in [0.4, 0.5) is 5.82 Å². The van der Waals surface area contributed by atoms with E-state index >= 15 is 0 Å². The molecule has 2 heterocycles. The number of halogens is 1. The van der Waals surface area contributed by atoms with E-state index in [1.807, 2.05) is 25.7 Å². The number of pyridine rings is 1. The van der Waals surface area contributed by atoms with Crippen molar-refractivity contribution in [3.05, 3.63) is 23.4 Å². The van der Waals surface area contributed by atoms with Gasteiger partial charge in [0, 0.05) is 31.2 Å². The molecule has 1 aromatic heterocycles. The van der Waals surface area contributed by atoms with E-state index in [4.69, 9.17) is 11.6 Å². The standard InChI is InChI=1S/C17H25ClN4O2/c1-11(2)17(24)22-8-6-14(7-9-22)20-12(3)16(23)21-15-5-4-13(18)10-19-15/h4-5,10-12,14,20H,6-9H2,1-3H3,(H,19,21,23)/t12-/m1/s1. The summed E-state index contributed by atoms with van der Waals surface area (Å²) >= 11 is 5.78. The molecule has 1 aliphatic rings. The largest absolute Gasteiger partial charge is 0.342 e. The molecular formula is C17H25ClN4O2. The van der Waals surface area contributed by atoms with Gasteiger partial charge >= 0.3 is 0 Å². The van der Waals surface area contributed by atoms with Gasteiger partial charge in [-0.25, -0.2) is 4.98 Å². The van der Waals surface area contributed by atoms with E-state index in [1.54, 1.807) is 12.1 Å². The van der Waals surface area contributed by atoms with Gasteiger partial charge in [0.25, 0.3) is 0 Å². The summed E-state index contributed by atoms with van der Waals surface area (Å²) in [6.07, 6.45) is 3.21. The zero-order chi connectivity index (χ0) is 17.7. The number of nitrogens with zero attached hydrogens (tertiary/aromatic N) is 2. The smallest absolute Gasteiger partial charge is 0.242 e. The second-order valence-electron chi connectivity index (χ2n) is 6.49. The Morgan fingerprint density at radius 2 is 1.92 bits per heavy atom. The molecule has 0 spiro atoms. The summed E-state index contributed by atoms with van der Waals surface area (Å²) in [5.41, 5.74) is 0. The van der Waals surface area contributed by atoms with Gasteiger partial charge in [0.2, 0.25) is 11.8 Å². The monoisotopic (exact) mass is 352 g/mol. The first kappa shape index (κ1) is 18.7. The molecule has 1 saturated heterocycles. The number of nitrogens with one attached hydrogen (secondary N) is 2. The highest BCUT2D eigenvalue weighted by atomic mass is 35.5. The van der Waals surface area contributed by atoms with Crippen molar-refractivity contribution in [3.8, 4) is 0 Å². The maximum atomic E-state index is 12.2. The first-order valence-electron chi connectivity index (χ1n) is 8.34. The second kappa shape index (κ2) is 8.44. The van der Waals surface area contributed by atoms with Crippen LogP contribution in [0, 0.1) is 5.92 Å². The lowest BCUT2D eigenvalue weighted by Gasteiger charge is -2.34. The summed E-state index contributed by atoms with van der Waals surface area (Å²) in [6, 6.07) is 3.26. The number of likely N-dealkylation sites (tertiary alicyclic amines) is 1. The predicted octanol–water partition coefficient (Wildman–Crippen LogP) is 2.30. The van der Waals surface area contributed by atoms with Crippen molar-refractivity contribution < 1.29 is 9.59 Å². The molecule has 6 nitrogen and oxygen atoms in total. The third-order valence-corrected chi connectivity index (χ3v) is 4.38. The average Bonchev–Trinajstić information content (AvgIpc) is 2.56. The third kappa shape index (κ3) is 5.18. The van der Waals surface area contributed by atoms with E-state index in [0.29, 0.717) is 10.8 Å². The Kier molecular flexibility index (Phi) is 6.57. The number of hydrogen-bond acceptors (Lipinski definition) is 4. The number of anilines is 1. The molecule has 2 amide bonds. The van der Waals surface area contributed by atoms with Crippen molar-refractivity contribution in [1.82, 2.24) is 15.2 Å². The minimum atomic E-state index is -0.333. The number of amides is 2. The van der Waals surface area contributed by atoms with Crippen molar-refractivity contribution in [2.24, 2.45) is 5.92 Å². The lowest BCUT2D eigenvalue weighted by atomic mass is 10.0. The summed E-state index contributed by atoms with van der Waals surface area (Å²) in [5, 5.41) is 6.63. The molecule has 1 atom stereocenters. The summed E-state index contributed by atoms with van der Waals surface area (Å²) in [5.74, 6) is 0.583. The minimum Gasteiger partial charge on any atom is -0.342 e. The first-order valence-corrected chi connectivity index (χ1v) is 8.72. The van der Waals surface area contributed by atoms with Crippen LogP contribution < -0.4 is 10.6 Å². The lowest BCUT2D eigenvalue weighted by molar-refractivity contribution is -0.135. The maximum absolute atomic E-state index is 12.2. The summed E-state index contributed by atoms with van der Waals surface area (Å²) in [6.45, 7) is 7.15. The first-order chi connectivity index (χ1) is 11.4. The Labute approximate surface area is 148 Å². The Morgan fingerprint density at radius 1 is 1.25 bits per heavy atom. The highest BCUT2D eigenvalue weighted by Gasteiger charge is 2.26. The van der Waals surface area contributed by atoms with Crippen molar-refractivity contribution in [2.75, 3.05) is 18.4 Å². The van der Waals surface area contributed by atoms with Crippen LogP contribution in [0.2, 0.25) is 5.02 Å². The molecule has 0 bridgehead atoms. The molecule has 0 saturated carbocycles. The topological polar surface area (TPSA) is 74.3 Å². The van der Waals surface area contributed by atoms with Crippen LogP contribution in [0.1, 0.15) is 33.6 Å². The SMILES string of the molecule is CC(C)C(=O)N1CCC(N[C@H](C)C(=O)Nc2ccc(Cl)cn2)CC1. The van der Waals surface area contributed by atoms with Crippen LogP contribution in [0.3, 0.4) is 0 Å². The van der Waals surface area contributed by atoms with Gasteiger partial charge in [0.1, 0.15) is 5.82 Å². The molecule has 0 unspecified atom stereocenters. The fourth-order valence-corrected chi connectivity index (χ4v) is 2.86. The highest BCUT2D eigenvalue weighted by molar-refractivity contribution is 6.30. The number of rotatable bonds is 5. The summed E-state index contributed by atoms with van der Waals surface area (Å²) < 4.78 is 0. The molecule has 7 heteroatoms. The Bertz CT molecular complexity index is 568. The third-order valence-electron chi connectivity index (χ3n) is 4.16. The van der Waals surface area contributed by atoms with E-state index in [9.17, 15) is 9.59 Å². The molecule has 2 rings (SSSR count). The summed E-state index contributed by atoms with van der Waals surface area (Å²) in [4.78, 5) is 30.2. The molecule has 1 aliphatic heterocycles. The Balaban J connectivity index is 1.78. The van der Waals surface area contributed by atoms with Gasteiger partial charge in [-0.3, -0.25) is 9.59 Å². The fraction of sp³-hybridized carbons (Fsp3) is 0.588. The molecule has 0 radical (unpaired) electrons. The van der Waals surface area contributed by atoms with Crippen LogP contribution in [-0.2, 0) is 9.59 Å². The molecule has 24 heavy (non-hydrogen) atoms. The number of hydrogen-bond donors (Lipinski definition) is 2. The molecule has 1 aromatic rings. The van der Waals surface area contributed by atoms with Gasteiger partial charge in [-0.2, -0.15) is 0 Å². The average molecular weight is 353 g/mol. The van der Waals surface area contributed by atoms with E-state index < -0.39 is 0 Å². The number of carbonyl (C=O) groups is 2. The number of aromatic nitrogens is 1. The Morgan fingerprint density at radius 3 is 2.46 bits per heavy atom. The minimum absolute atomic E-state index is 0.0334. The van der Waals surface area contributed by atoms with E-state index in [1.165, 1.54) is 6.20 Å². The number of carbonyl (C=O) groups excluding carboxylic acids is 2.